The van der Waals surface area contributed by atoms with Gasteiger partial charge in [-0.15, -0.1) is 0 Å². The van der Waals surface area contributed by atoms with Gasteiger partial charge >= 0.3 is 17.1 Å². The molecule has 0 aliphatic heterocycles. The van der Waals surface area contributed by atoms with E-state index in [1.54, 1.807) is 0 Å². The first-order chi connectivity index (χ1) is 2.00. The van der Waals surface area contributed by atoms with E-state index in [-0.39, 0.29) is 41.0 Å². The van der Waals surface area contributed by atoms with Crippen molar-refractivity contribution in [1.82, 2.24) is 0 Å². The molecule has 0 bridgehead atoms. The second kappa shape index (κ2) is 5.26. The van der Waals surface area contributed by atoms with Crippen LogP contribution < -0.4 is 24.0 Å². The maximum atomic E-state index is 8.63. The molecular weight excluding hydrogens is 287 g/mol. The summed E-state index contributed by atoms with van der Waals surface area (Å²) in [5, 5.41) is 0. The quantitative estimate of drug-likeness (QED) is 0.213. The third kappa shape index (κ3) is 149. The Morgan fingerprint density at radius 2 is 1.43 bits per heavy atom. The Kier molecular flexibility index (Phi) is 11.8. The minimum Gasteiger partial charge on any atom is -1.00 e. The van der Waals surface area contributed by atoms with Crippen molar-refractivity contribution < 1.29 is 58.6 Å². The van der Waals surface area contributed by atoms with Gasteiger partial charge in [-0.1, -0.05) is 0 Å². The zero-order valence-electron chi connectivity index (χ0n) is 2.76. The van der Waals surface area contributed by atoms with Gasteiger partial charge in [0.1, 0.15) is 0 Å². The Labute approximate surface area is 68.7 Å². The number of halogens is 1. The standard InChI is InChI=1S/Cu.HI.H2O4S/c;;1-5(2,3)4/h;1H;(H2,1,2,3,4)/q+2;;/p-2. The Hall–Kier alpha value is 1.12. The van der Waals surface area contributed by atoms with Crippen LogP contribution in [-0.2, 0) is 27.5 Å². The molecule has 0 fully saturated rings. The summed E-state index contributed by atoms with van der Waals surface area (Å²) >= 11 is 0. The van der Waals surface area contributed by atoms with E-state index in [1.165, 1.54) is 0 Å². The normalized spacial score (nSPS) is 8.29. The van der Waals surface area contributed by atoms with Gasteiger partial charge in [0.05, 0.1) is 0 Å². The molecule has 0 aromatic heterocycles. The van der Waals surface area contributed by atoms with Crippen molar-refractivity contribution in [2.24, 2.45) is 0 Å². The minimum absolute atomic E-state index is 0. The van der Waals surface area contributed by atoms with E-state index in [0.29, 0.717) is 0 Å². The van der Waals surface area contributed by atoms with Crippen molar-refractivity contribution in [1.29, 1.82) is 0 Å². The summed E-state index contributed by atoms with van der Waals surface area (Å²) in [6.45, 7) is 0. The van der Waals surface area contributed by atoms with Crippen molar-refractivity contribution in [2.45, 2.75) is 0 Å². The number of hydrogen-bond donors (Lipinski definition) is 1. The molecule has 1 radical (unpaired) electrons. The molecule has 0 saturated heterocycles. The van der Waals surface area contributed by atoms with Gasteiger partial charge < -0.3 is 28.5 Å². The van der Waals surface area contributed by atoms with E-state index >= 15 is 0 Å². The van der Waals surface area contributed by atoms with Gasteiger partial charge in [-0.2, -0.15) is 0 Å². The van der Waals surface area contributed by atoms with E-state index in [1.807, 2.05) is 0 Å². The molecule has 0 unspecified atom stereocenters. The molecule has 0 spiro atoms. The molecule has 49 valence electrons. The first-order valence-corrected chi connectivity index (χ1v) is 2.05. The maximum absolute atomic E-state index is 8.63. The first kappa shape index (κ1) is 15.7. The Balaban J connectivity index is -0.0000000800. The van der Waals surface area contributed by atoms with Crippen LogP contribution in [0.2, 0.25) is 0 Å². The summed E-state index contributed by atoms with van der Waals surface area (Å²) in [5.74, 6) is 0. The Morgan fingerprint density at radius 3 is 1.43 bits per heavy atom. The van der Waals surface area contributed by atoms with E-state index in [2.05, 4.69) is 0 Å². The summed E-state index contributed by atoms with van der Waals surface area (Å²) in [5.41, 5.74) is 0. The summed E-state index contributed by atoms with van der Waals surface area (Å²) < 4.78 is 32.8. The van der Waals surface area contributed by atoms with Crippen LogP contribution in [0.25, 0.3) is 0 Å². The summed E-state index contributed by atoms with van der Waals surface area (Å²) in [6.07, 6.45) is 0. The zero-order valence-corrected chi connectivity index (χ0v) is 6.68. The van der Waals surface area contributed by atoms with E-state index in [9.17, 15) is 0 Å². The fourth-order valence-corrected chi connectivity index (χ4v) is 0. The van der Waals surface area contributed by atoms with Crippen LogP contribution in [0.5, 0.6) is 0 Å². The van der Waals surface area contributed by atoms with Gasteiger partial charge in [0.25, 0.3) is 0 Å². The summed E-state index contributed by atoms with van der Waals surface area (Å²) in [6, 6.07) is 0. The second-order valence-corrected chi connectivity index (χ2v) is 1.28. The monoisotopic (exact) mass is 287 g/mol. The summed E-state index contributed by atoms with van der Waals surface area (Å²) in [4.78, 5) is 0. The number of hydrogen-bond acceptors (Lipinski definition) is 3. The van der Waals surface area contributed by atoms with E-state index in [4.69, 9.17) is 17.5 Å². The third-order valence-corrected chi connectivity index (χ3v) is 0. The predicted octanol–water partition coefficient (Wildman–Crippen LogP) is -3.99. The van der Waals surface area contributed by atoms with Crippen LogP contribution in [0.1, 0.15) is 0 Å². The van der Waals surface area contributed by atoms with Gasteiger partial charge in [0.15, 0.2) is 0 Å². The first-order valence-electron chi connectivity index (χ1n) is 0.683. The largest absolute Gasteiger partial charge is 2.00 e. The molecule has 0 aromatic carbocycles. The molecule has 0 saturated carbocycles. The molecule has 0 heterocycles. The molecule has 0 aliphatic carbocycles. The van der Waals surface area contributed by atoms with Crippen LogP contribution >= 0.6 is 0 Å². The van der Waals surface area contributed by atoms with Crippen LogP contribution in [-0.4, -0.2) is 17.5 Å². The molecule has 0 atom stereocenters. The fraction of sp³-hybridized carbons (Fsp3) is 0. The Bertz CT molecular complexity index is 94.9. The smallest absolute Gasteiger partial charge is 1.00 e. The Morgan fingerprint density at radius 1 is 1.43 bits per heavy atom. The average Bonchev–Trinajstić information content (AvgIpc) is 0.722. The molecule has 0 aliphatic rings. The van der Waals surface area contributed by atoms with E-state index < -0.39 is 10.4 Å². The second-order valence-electron chi connectivity index (χ2n) is 0.428. The van der Waals surface area contributed by atoms with Crippen molar-refractivity contribution in [3.8, 4) is 0 Å². The van der Waals surface area contributed by atoms with Crippen molar-refractivity contribution in [2.75, 3.05) is 0 Å². The van der Waals surface area contributed by atoms with Gasteiger partial charge in [-0.05, 0) is 0 Å². The molecule has 4 nitrogen and oxygen atoms in total. The van der Waals surface area contributed by atoms with Crippen molar-refractivity contribution >= 4 is 10.4 Å². The molecule has 7 heavy (non-hydrogen) atoms. The van der Waals surface area contributed by atoms with Gasteiger partial charge in [0, 0.05) is 0 Å². The van der Waals surface area contributed by atoms with Crippen LogP contribution in [0.15, 0.2) is 0 Å². The van der Waals surface area contributed by atoms with Gasteiger partial charge in [-0.3, -0.25) is 4.55 Å². The minimum atomic E-state index is -4.92. The molecule has 0 amide bonds. The molecule has 0 aromatic rings. The maximum Gasteiger partial charge on any atom is 2.00 e. The number of rotatable bonds is 0. The van der Waals surface area contributed by atoms with Gasteiger partial charge in [-0.25, -0.2) is 8.42 Å². The van der Waals surface area contributed by atoms with Crippen molar-refractivity contribution in [3.05, 3.63) is 0 Å². The van der Waals surface area contributed by atoms with Gasteiger partial charge in [0.2, 0.25) is 10.4 Å². The molecule has 1 N–H and O–H groups in total. The fourth-order valence-electron chi connectivity index (χ4n) is 0. The summed E-state index contributed by atoms with van der Waals surface area (Å²) in [7, 11) is -4.92. The molecule has 7 heteroatoms. The van der Waals surface area contributed by atoms with Crippen molar-refractivity contribution in [3.63, 3.8) is 0 Å². The van der Waals surface area contributed by atoms with Crippen LogP contribution in [0.4, 0.5) is 0 Å². The molecule has 0 rings (SSSR count). The third-order valence-electron chi connectivity index (χ3n) is 0. The van der Waals surface area contributed by atoms with E-state index in [0.717, 1.165) is 0 Å². The zero-order chi connectivity index (χ0) is 4.50. The van der Waals surface area contributed by atoms with Crippen LogP contribution in [0, 0.1) is 0 Å². The topological polar surface area (TPSA) is 77.4 Å². The predicted molar refractivity (Wildman–Crippen MR) is 12.3 cm³/mol. The SMILES string of the molecule is O=S(=O)([O-])O.[Cu+2].[I-]. The molecular formula is HCuIO4S. The van der Waals surface area contributed by atoms with Crippen LogP contribution in [0.3, 0.4) is 0 Å². The average molecular weight is 288 g/mol.